The van der Waals surface area contributed by atoms with Crippen LogP contribution in [0.1, 0.15) is 12.1 Å². The van der Waals surface area contributed by atoms with Crippen molar-refractivity contribution in [3.05, 3.63) is 36.0 Å². The first-order valence-electron chi connectivity index (χ1n) is 6.76. The van der Waals surface area contributed by atoms with E-state index in [0.717, 1.165) is 29.3 Å². The second kappa shape index (κ2) is 6.33. The molecule has 0 saturated carbocycles. The van der Waals surface area contributed by atoms with Gasteiger partial charge in [-0.1, -0.05) is 5.16 Å². The van der Waals surface area contributed by atoms with E-state index < -0.39 is 0 Å². The predicted molar refractivity (Wildman–Crippen MR) is 81.1 cm³/mol. The van der Waals surface area contributed by atoms with Crippen molar-refractivity contribution in [2.75, 3.05) is 18.6 Å². The Labute approximate surface area is 122 Å². The smallest absolute Gasteiger partial charge is 0.167 e. The minimum atomic E-state index is 0.612. The molecule has 1 aliphatic heterocycles. The van der Waals surface area contributed by atoms with Crippen LogP contribution in [-0.2, 0) is 6.54 Å². The molecule has 2 heterocycles. The lowest BCUT2D eigenvalue weighted by Gasteiger charge is -2.08. The van der Waals surface area contributed by atoms with E-state index >= 15 is 0 Å². The normalized spacial score (nSPS) is 18.4. The first-order chi connectivity index (χ1) is 9.85. The molecule has 2 aromatic rings. The molecule has 0 aliphatic carbocycles. The highest BCUT2D eigenvalue weighted by Gasteiger charge is 2.15. The minimum absolute atomic E-state index is 0.612. The van der Waals surface area contributed by atoms with Gasteiger partial charge in [-0.25, -0.2) is 0 Å². The molecule has 1 N–H and O–H groups in total. The first kappa shape index (κ1) is 13.5. The Bertz CT molecular complexity index is 547. The van der Waals surface area contributed by atoms with Crippen molar-refractivity contribution >= 4 is 11.8 Å². The maximum Gasteiger partial charge on any atom is 0.167 e. The summed E-state index contributed by atoms with van der Waals surface area (Å²) in [6.45, 7) is 0.769. The molecule has 0 radical (unpaired) electrons. The summed E-state index contributed by atoms with van der Waals surface area (Å²) in [6, 6.07) is 10.4. The molecule has 1 aromatic carbocycles. The van der Waals surface area contributed by atoms with Gasteiger partial charge < -0.3 is 14.6 Å². The predicted octanol–water partition coefficient (Wildman–Crippen LogP) is 2.95. The van der Waals surface area contributed by atoms with Crippen LogP contribution < -0.4 is 10.1 Å². The summed E-state index contributed by atoms with van der Waals surface area (Å²) in [7, 11) is 1.66. The Morgan fingerprint density at radius 1 is 1.40 bits per heavy atom. The van der Waals surface area contributed by atoms with E-state index in [-0.39, 0.29) is 0 Å². The molecule has 20 heavy (non-hydrogen) atoms. The van der Waals surface area contributed by atoms with E-state index in [1.165, 1.54) is 17.9 Å². The third-order valence-electron chi connectivity index (χ3n) is 3.44. The highest BCUT2D eigenvalue weighted by Crippen LogP contribution is 2.23. The fourth-order valence-corrected chi connectivity index (χ4v) is 3.42. The largest absolute Gasteiger partial charge is 0.497 e. The number of hydrogen-bond donors (Lipinski definition) is 1. The van der Waals surface area contributed by atoms with Crippen molar-refractivity contribution in [1.29, 1.82) is 0 Å². The summed E-state index contributed by atoms with van der Waals surface area (Å²) >= 11 is 2.00. The molecule has 1 aromatic heterocycles. The summed E-state index contributed by atoms with van der Waals surface area (Å²) in [5, 5.41) is 7.64. The summed E-state index contributed by atoms with van der Waals surface area (Å²) in [6.07, 6.45) is 1.24. The second-order valence-electron chi connectivity index (χ2n) is 4.85. The van der Waals surface area contributed by atoms with Gasteiger partial charge in [0.15, 0.2) is 5.76 Å². The fraction of sp³-hybridized carbons (Fsp3) is 0.400. The van der Waals surface area contributed by atoms with E-state index in [1.807, 2.05) is 42.1 Å². The average molecular weight is 290 g/mol. The van der Waals surface area contributed by atoms with Crippen LogP contribution in [0.3, 0.4) is 0 Å². The standard InChI is InChI=1S/C15H18N2O2S/c1-18-14-4-2-11(3-5-14)15-8-13(17-19-15)9-16-12-6-7-20-10-12/h2-5,8,12,16H,6-7,9-10H2,1H3/t12-/m1/s1. The number of benzene rings is 1. The molecule has 106 valence electrons. The maximum atomic E-state index is 5.40. The Kier molecular flexibility index (Phi) is 4.28. The highest BCUT2D eigenvalue weighted by molar-refractivity contribution is 7.99. The zero-order valence-electron chi connectivity index (χ0n) is 11.5. The van der Waals surface area contributed by atoms with Crippen LogP contribution in [0.15, 0.2) is 34.9 Å². The van der Waals surface area contributed by atoms with E-state index in [0.29, 0.717) is 6.04 Å². The monoisotopic (exact) mass is 290 g/mol. The van der Waals surface area contributed by atoms with Gasteiger partial charge in [0, 0.05) is 30.0 Å². The quantitative estimate of drug-likeness (QED) is 0.917. The number of nitrogens with zero attached hydrogens (tertiary/aromatic N) is 1. The lowest BCUT2D eigenvalue weighted by atomic mass is 10.1. The summed E-state index contributed by atoms with van der Waals surface area (Å²) in [5.74, 6) is 4.09. The number of methoxy groups -OCH3 is 1. The minimum Gasteiger partial charge on any atom is -0.497 e. The van der Waals surface area contributed by atoms with Gasteiger partial charge in [0.2, 0.25) is 0 Å². The highest BCUT2D eigenvalue weighted by atomic mass is 32.2. The molecule has 0 amide bonds. The van der Waals surface area contributed by atoms with Gasteiger partial charge in [-0.05, 0) is 36.4 Å². The van der Waals surface area contributed by atoms with E-state index in [4.69, 9.17) is 9.26 Å². The molecule has 5 heteroatoms. The van der Waals surface area contributed by atoms with Crippen molar-refractivity contribution in [3.63, 3.8) is 0 Å². The van der Waals surface area contributed by atoms with E-state index in [1.54, 1.807) is 7.11 Å². The van der Waals surface area contributed by atoms with Gasteiger partial charge in [0.25, 0.3) is 0 Å². The molecule has 1 aliphatic rings. The Morgan fingerprint density at radius 3 is 2.95 bits per heavy atom. The van der Waals surface area contributed by atoms with E-state index in [9.17, 15) is 0 Å². The molecule has 1 saturated heterocycles. The number of rotatable bonds is 5. The molecule has 0 bridgehead atoms. The van der Waals surface area contributed by atoms with Gasteiger partial charge in [-0.2, -0.15) is 11.8 Å². The SMILES string of the molecule is COc1ccc(-c2cc(CN[C@@H]3CCSC3)no2)cc1. The summed E-state index contributed by atoms with van der Waals surface area (Å²) in [5.41, 5.74) is 1.97. The average Bonchev–Trinajstić information content (AvgIpc) is 3.17. The van der Waals surface area contributed by atoms with Gasteiger partial charge in [-0.3, -0.25) is 0 Å². The van der Waals surface area contributed by atoms with Crippen molar-refractivity contribution < 1.29 is 9.26 Å². The van der Waals surface area contributed by atoms with Gasteiger partial charge in [0.05, 0.1) is 12.8 Å². The lowest BCUT2D eigenvalue weighted by molar-refractivity contribution is 0.413. The van der Waals surface area contributed by atoms with Crippen LogP contribution >= 0.6 is 11.8 Å². The second-order valence-corrected chi connectivity index (χ2v) is 6.00. The number of nitrogens with one attached hydrogen (secondary N) is 1. The van der Waals surface area contributed by atoms with Gasteiger partial charge in [-0.15, -0.1) is 0 Å². The first-order valence-corrected chi connectivity index (χ1v) is 7.92. The van der Waals surface area contributed by atoms with Crippen LogP contribution in [0.2, 0.25) is 0 Å². The third-order valence-corrected chi connectivity index (χ3v) is 4.60. The van der Waals surface area contributed by atoms with Crippen LogP contribution in [0.5, 0.6) is 5.75 Å². The zero-order valence-corrected chi connectivity index (χ0v) is 12.3. The van der Waals surface area contributed by atoms with Crippen LogP contribution in [0.4, 0.5) is 0 Å². The zero-order chi connectivity index (χ0) is 13.8. The van der Waals surface area contributed by atoms with Gasteiger partial charge >= 0.3 is 0 Å². The molecule has 4 nitrogen and oxygen atoms in total. The number of aromatic nitrogens is 1. The molecular weight excluding hydrogens is 272 g/mol. The lowest BCUT2D eigenvalue weighted by Crippen LogP contribution is -2.28. The van der Waals surface area contributed by atoms with E-state index in [2.05, 4.69) is 10.5 Å². The fourth-order valence-electron chi connectivity index (χ4n) is 2.23. The maximum absolute atomic E-state index is 5.40. The van der Waals surface area contributed by atoms with Gasteiger partial charge in [0.1, 0.15) is 5.75 Å². The van der Waals surface area contributed by atoms with Crippen LogP contribution in [0.25, 0.3) is 11.3 Å². The van der Waals surface area contributed by atoms with Crippen LogP contribution in [0, 0.1) is 0 Å². The molecular formula is C15H18N2O2S. The molecule has 1 fully saturated rings. The summed E-state index contributed by atoms with van der Waals surface area (Å²) < 4.78 is 10.6. The van der Waals surface area contributed by atoms with Crippen LogP contribution in [-0.4, -0.2) is 29.8 Å². The van der Waals surface area contributed by atoms with Crippen molar-refractivity contribution in [2.45, 2.75) is 19.0 Å². The van der Waals surface area contributed by atoms with Crippen molar-refractivity contribution in [1.82, 2.24) is 10.5 Å². The Balaban J connectivity index is 1.62. The molecule has 0 unspecified atom stereocenters. The third kappa shape index (κ3) is 3.16. The van der Waals surface area contributed by atoms with Crippen molar-refractivity contribution in [3.8, 4) is 17.1 Å². The number of ether oxygens (including phenoxy) is 1. The molecule has 3 rings (SSSR count). The number of thioether (sulfide) groups is 1. The molecule has 1 atom stereocenters. The Morgan fingerprint density at radius 2 is 2.25 bits per heavy atom. The topological polar surface area (TPSA) is 47.3 Å². The summed E-state index contributed by atoms with van der Waals surface area (Å²) in [4.78, 5) is 0. The van der Waals surface area contributed by atoms with Crippen molar-refractivity contribution in [2.24, 2.45) is 0 Å². The Hall–Kier alpha value is -1.46. The number of hydrogen-bond acceptors (Lipinski definition) is 5. The molecule has 0 spiro atoms.